The van der Waals surface area contributed by atoms with Crippen molar-refractivity contribution in [3.8, 4) is 0 Å². The number of imidazole rings is 1. The van der Waals surface area contributed by atoms with Crippen molar-refractivity contribution in [3.05, 3.63) is 27.7 Å². The van der Waals surface area contributed by atoms with E-state index in [0.29, 0.717) is 22.9 Å². The molecule has 0 atom stereocenters. The van der Waals surface area contributed by atoms with E-state index in [2.05, 4.69) is 9.97 Å². The highest BCUT2D eigenvalue weighted by Gasteiger charge is 2.20. The number of fused-ring (bicyclic) bond motifs is 1. The molecule has 2 aromatic heterocycles. The summed E-state index contributed by atoms with van der Waals surface area (Å²) < 4.78 is 1.29. The third kappa shape index (κ3) is 1.28. The average Bonchev–Trinajstić information content (AvgIpc) is 2.41. The lowest BCUT2D eigenvalue weighted by atomic mass is 10.4. The molecular weight excluding hydrogens is 198 g/mol. The minimum atomic E-state index is -0.494. The summed E-state index contributed by atoms with van der Waals surface area (Å²) in [6.45, 7) is 3.30. The molecule has 2 N–H and O–H groups in total. The van der Waals surface area contributed by atoms with Gasteiger partial charge >= 0.3 is 11.6 Å². The summed E-state index contributed by atoms with van der Waals surface area (Å²) >= 11 is 0. The maximum atomic E-state index is 10.8. The monoisotopic (exact) mass is 207 g/mol. The first-order valence-corrected chi connectivity index (χ1v) is 4.27. The van der Waals surface area contributed by atoms with Gasteiger partial charge in [-0.1, -0.05) is 0 Å². The molecular formula is C8H9N5O2. The smallest absolute Gasteiger partial charge is 0.352 e. The molecule has 0 aliphatic carbocycles. The van der Waals surface area contributed by atoms with Crippen LogP contribution in [0.15, 0.2) is 6.20 Å². The SMILES string of the molecule is Cc1nc2nc(C)c([N+](=O)[O-])n2cc1N. The Morgan fingerprint density at radius 3 is 2.60 bits per heavy atom. The predicted octanol–water partition coefficient (Wildman–Crippen LogP) is 0.837. The lowest BCUT2D eigenvalue weighted by Crippen LogP contribution is -2.01. The van der Waals surface area contributed by atoms with Gasteiger partial charge in [0.2, 0.25) is 0 Å². The van der Waals surface area contributed by atoms with Crippen molar-refractivity contribution in [1.29, 1.82) is 0 Å². The van der Waals surface area contributed by atoms with Gasteiger partial charge in [0.15, 0.2) is 0 Å². The fraction of sp³-hybridized carbons (Fsp3) is 0.250. The molecule has 7 nitrogen and oxygen atoms in total. The Hall–Kier alpha value is -2.18. The topological polar surface area (TPSA) is 99.3 Å². The molecule has 2 aromatic rings. The van der Waals surface area contributed by atoms with Crippen molar-refractivity contribution in [1.82, 2.24) is 14.4 Å². The van der Waals surface area contributed by atoms with Crippen molar-refractivity contribution < 1.29 is 4.92 Å². The van der Waals surface area contributed by atoms with E-state index in [9.17, 15) is 10.1 Å². The molecule has 0 unspecified atom stereocenters. The lowest BCUT2D eigenvalue weighted by Gasteiger charge is -1.97. The van der Waals surface area contributed by atoms with Gasteiger partial charge < -0.3 is 15.8 Å². The van der Waals surface area contributed by atoms with Crippen LogP contribution in [-0.4, -0.2) is 19.3 Å². The average molecular weight is 207 g/mol. The molecule has 0 saturated heterocycles. The molecule has 78 valence electrons. The van der Waals surface area contributed by atoms with E-state index < -0.39 is 4.92 Å². The number of aromatic nitrogens is 3. The minimum Gasteiger partial charge on any atom is -0.394 e. The van der Waals surface area contributed by atoms with Crippen molar-refractivity contribution in [2.24, 2.45) is 0 Å². The second kappa shape index (κ2) is 2.91. The third-order valence-electron chi connectivity index (χ3n) is 2.16. The lowest BCUT2D eigenvalue weighted by molar-refractivity contribution is -0.390. The van der Waals surface area contributed by atoms with Gasteiger partial charge in [-0.25, -0.2) is 0 Å². The summed E-state index contributed by atoms with van der Waals surface area (Å²) in [5, 5.41) is 10.8. The largest absolute Gasteiger partial charge is 0.394 e. The number of hydrogen-bond donors (Lipinski definition) is 1. The number of anilines is 1. The highest BCUT2D eigenvalue weighted by atomic mass is 16.6. The van der Waals surface area contributed by atoms with Crippen LogP contribution >= 0.6 is 0 Å². The minimum absolute atomic E-state index is 0.0933. The first-order valence-electron chi connectivity index (χ1n) is 4.27. The molecule has 0 spiro atoms. The molecule has 0 fully saturated rings. The molecule has 0 amide bonds. The van der Waals surface area contributed by atoms with E-state index in [0.717, 1.165) is 0 Å². The summed E-state index contributed by atoms with van der Waals surface area (Å²) in [6, 6.07) is 0. The molecule has 0 radical (unpaired) electrons. The Labute approximate surface area is 84.7 Å². The molecule has 0 aliphatic rings. The zero-order chi connectivity index (χ0) is 11.2. The van der Waals surface area contributed by atoms with E-state index in [1.54, 1.807) is 13.8 Å². The van der Waals surface area contributed by atoms with Gasteiger partial charge in [0.05, 0.1) is 11.4 Å². The van der Waals surface area contributed by atoms with Crippen molar-refractivity contribution in [2.45, 2.75) is 13.8 Å². The van der Waals surface area contributed by atoms with Gasteiger partial charge in [0, 0.05) is 0 Å². The number of nitro groups is 1. The number of nitrogen functional groups attached to an aromatic ring is 1. The molecule has 0 aliphatic heterocycles. The Balaban J connectivity index is 2.87. The predicted molar refractivity (Wildman–Crippen MR) is 53.5 cm³/mol. The maximum absolute atomic E-state index is 10.8. The van der Waals surface area contributed by atoms with E-state index in [1.165, 1.54) is 10.6 Å². The van der Waals surface area contributed by atoms with Crippen molar-refractivity contribution in [3.63, 3.8) is 0 Å². The van der Waals surface area contributed by atoms with Crippen LogP contribution in [0.2, 0.25) is 0 Å². The zero-order valence-corrected chi connectivity index (χ0v) is 8.26. The van der Waals surface area contributed by atoms with Crippen molar-refractivity contribution >= 4 is 17.3 Å². The Morgan fingerprint density at radius 1 is 1.40 bits per heavy atom. The van der Waals surface area contributed by atoms with Crippen LogP contribution < -0.4 is 5.73 Å². The van der Waals surface area contributed by atoms with Crippen LogP contribution in [0.1, 0.15) is 11.4 Å². The Morgan fingerprint density at radius 2 is 2.00 bits per heavy atom. The Bertz CT molecular complexity index is 560. The van der Waals surface area contributed by atoms with Gasteiger partial charge in [-0.2, -0.15) is 14.4 Å². The quantitative estimate of drug-likeness (QED) is 0.551. The van der Waals surface area contributed by atoms with E-state index in [-0.39, 0.29) is 5.82 Å². The molecule has 15 heavy (non-hydrogen) atoms. The molecule has 0 saturated carbocycles. The standard InChI is InChI=1S/C8H9N5O2/c1-4-6(9)3-12-7(13(14)15)5(2)11-8(12)10-4/h3H,9H2,1-2H3. The number of nitrogens with two attached hydrogens (primary N) is 1. The third-order valence-corrected chi connectivity index (χ3v) is 2.16. The Kier molecular flexibility index (Phi) is 1.82. The summed E-state index contributed by atoms with van der Waals surface area (Å²) in [6.07, 6.45) is 1.47. The first-order chi connectivity index (χ1) is 7.00. The van der Waals surface area contributed by atoms with Crippen LogP contribution in [0.4, 0.5) is 11.5 Å². The molecule has 2 heterocycles. The van der Waals surface area contributed by atoms with Gasteiger partial charge in [-0.15, -0.1) is 0 Å². The number of aryl methyl sites for hydroxylation is 2. The van der Waals surface area contributed by atoms with Crippen LogP contribution in [0, 0.1) is 24.0 Å². The van der Waals surface area contributed by atoms with E-state index in [1.807, 2.05) is 0 Å². The summed E-state index contributed by atoms with van der Waals surface area (Å²) in [4.78, 5) is 18.3. The van der Waals surface area contributed by atoms with Crippen LogP contribution in [0.3, 0.4) is 0 Å². The summed E-state index contributed by atoms with van der Waals surface area (Å²) in [5.41, 5.74) is 6.98. The molecule has 0 aromatic carbocycles. The molecule has 2 rings (SSSR count). The number of nitrogens with zero attached hydrogens (tertiary/aromatic N) is 4. The van der Waals surface area contributed by atoms with E-state index >= 15 is 0 Å². The highest BCUT2D eigenvalue weighted by Crippen LogP contribution is 2.20. The van der Waals surface area contributed by atoms with E-state index in [4.69, 9.17) is 5.73 Å². The van der Waals surface area contributed by atoms with Gasteiger partial charge in [0.1, 0.15) is 11.9 Å². The number of rotatable bonds is 1. The molecule has 0 bridgehead atoms. The van der Waals surface area contributed by atoms with Gasteiger partial charge in [0.25, 0.3) is 0 Å². The zero-order valence-electron chi connectivity index (χ0n) is 8.26. The fourth-order valence-electron chi connectivity index (χ4n) is 1.39. The maximum Gasteiger partial charge on any atom is 0.352 e. The van der Waals surface area contributed by atoms with Crippen LogP contribution in [0.5, 0.6) is 0 Å². The van der Waals surface area contributed by atoms with Gasteiger partial charge in [-0.3, -0.25) is 0 Å². The second-order valence-corrected chi connectivity index (χ2v) is 3.23. The number of hydrogen-bond acceptors (Lipinski definition) is 5. The van der Waals surface area contributed by atoms with Crippen molar-refractivity contribution in [2.75, 3.05) is 5.73 Å². The summed E-state index contributed by atoms with van der Waals surface area (Å²) in [5.74, 6) is 0.204. The highest BCUT2D eigenvalue weighted by molar-refractivity contribution is 5.51. The summed E-state index contributed by atoms with van der Waals surface area (Å²) in [7, 11) is 0. The second-order valence-electron chi connectivity index (χ2n) is 3.23. The normalized spacial score (nSPS) is 10.8. The van der Waals surface area contributed by atoms with Crippen LogP contribution in [0.25, 0.3) is 5.78 Å². The van der Waals surface area contributed by atoms with Gasteiger partial charge in [-0.05, 0) is 18.8 Å². The van der Waals surface area contributed by atoms with Crippen LogP contribution in [-0.2, 0) is 0 Å². The first kappa shape index (κ1) is 9.38. The fourth-order valence-corrected chi connectivity index (χ4v) is 1.39. The molecule has 7 heteroatoms.